The lowest BCUT2D eigenvalue weighted by Gasteiger charge is -2.39. The van der Waals surface area contributed by atoms with Gasteiger partial charge in [0.1, 0.15) is 10.6 Å². The summed E-state index contributed by atoms with van der Waals surface area (Å²) in [5.41, 5.74) is -0.467. The van der Waals surface area contributed by atoms with E-state index in [1.807, 2.05) is 0 Å². The third-order valence-electron chi connectivity index (χ3n) is 3.73. The molecule has 1 fully saturated rings. The maximum absolute atomic E-state index is 12.6. The van der Waals surface area contributed by atoms with Gasteiger partial charge in [-0.15, -0.1) is 0 Å². The zero-order valence-electron chi connectivity index (χ0n) is 12.0. The molecule has 0 atom stereocenters. The Labute approximate surface area is 121 Å². The highest BCUT2D eigenvalue weighted by Crippen LogP contribution is 2.41. The minimum Gasteiger partial charge on any atom is -0.360 e. The number of aryl methyl sites for hydroxylation is 3. The van der Waals surface area contributed by atoms with Gasteiger partial charge in [-0.05, 0) is 33.1 Å². The van der Waals surface area contributed by atoms with Crippen molar-refractivity contribution in [3.05, 3.63) is 23.2 Å². The van der Waals surface area contributed by atoms with Gasteiger partial charge in [0, 0.05) is 6.92 Å². The van der Waals surface area contributed by atoms with Crippen LogP contribution in [-0.4, -0.2) is 23.7 Å². The molecule has 0 unspecified atom stereocenters. The van der Waals surface area contributed by atoms with Crippen LogP contribution in [0.5, 0.6) is 0 Å². The zero-order valence-corrected chi connectivity index (χ0v) is 12.8. The SMILES string of the molecule is Cc1nc(C2(NS(=O)(=O)c3c(C)noc3C)CCC2)no1. The molecule has 2 aromatic heterocycles. The molecule has 1 N–H and O–H groups in total. The van der Waals surface area contributed by atoms with Crippen molar-refractivity contribution in [1.29, 1.82) is 0 Å². The molecule has 114 valence electrons. The lowest BCUT2D eigenvalue weighted by atomic mass is 9.77. The lowest BCUT2D eigenvalue weighted by Crippen LogP contribution is -2.51. The molecule has 1 aliphatic carbocycles. The van der Waals surface area contributed by atoms with Gasteiger partial charge in [0.15, 0.2) is 11.6 Å². The van der Waals surface area contributed by atoms with Gasteiger partial charge in [0.05, 0.1) is 5.54 Å². The van der Waals surface area contributed by atoms with Gasteiger partial charge in [0.25, 0.3) is 0 Å². The highest BCUT2D eigenvalue weighted by molar-refractivity contribution is 7.89. The van der Waals surface area contributed by atoms with Crippen LogP contribution >= 0.6 is 0 Å². The Balaban J connectivity index is 1.98. The maximum Gasteiger partial charge on any atom is 0.246 e. The van der Waals surface area contributed by atoms with Crippen LogP contribution in [0.4, 0.5) is 0 Å². The van der Waals surface area contributed by atoms with Gasteiger partial charge in [-0.1, -0.05) is 10.3 Å². The van der Waals surface area contributed by atoms with Crippen LogP contribution in [-0.2, 0) is 15.6 Å². The highest BCUT2D eigenvalue weighted by atomic mass is 32.2. The van der Waals surface area contributed by atoms with Crippen LogP contribution in [0.1, 0.15) is 42.4 Å². The number of sulfonamides is 1. The van der Waals surface area contributed by atoms with Crippen LogP contribution < -0.4 is 4.72 Å². The summed E-state index contributed by atoms with van der Waals surface area (Å²) in [4.78, 5) is 4.25. The van der Waals surface area contributed by atoms with Gasteiger partial charge in [-0.2, -0.15) is 9.71 Å². The Morgan fingerprint density at radius 2 is 1.86 bits per heavy atom. The summed E-state index contributed by atoms with van der Waals surface area (Å²) < 4.78 is 37.9. The predicted octanol–water partition coefficient (Wildman–Crippen LogP) is 1.34. The van der Waals surface area contributed by atoms with E-state index in [1.165, 1.54) is 0 Å². The molecule has 0 amide bonds. The Morgan fingerprint density at radius 1 is 1.14 bits per heavy atom. The molecular formula is C12H16N4O4S. The van der Waals surface area contributed by atoms with Gasteiger partial charge in [-0.25, -0.2) is 8.42 Å². The van der Waals surface area contributed by atoms with E-state index in [0.717, 1.165) is 6.42 Å². The maximum atomic E-state index is 12.6. The van der Waals surface area contributed by atoms with Crippen molar-refractivity contribution in [3.63, 3.8) is 0 Å². The van der Waals surface area contributed by atoms with Crippen LogP contribution in [0.25, 0.3) is 0 Å². The van der Waals surface area contributed by atoms with Crippen molar-refractivity contribution in [3.8, 4) is 0 Å². The molecule has 2 aromatic rings. The Morgan fingerprint density at radius 3 is 2.29 bits per heavy atom. The highest BCUT2D eigenvalue weighted by Gasteiger charge is 2.47. The quantitative estimate of drug-likeness (QED) is 0.906. The molecule has 0 bridgehead atoms. The van der Waals surface area contributed by atoms with Gasteiger partial charge in [-0.3, -0.25) is 0 Å². The molecule has 8 nitrogen and oxygen atoms in total. The fourth-order valence-corrected chi connectivity index (χ4v) is 4.32. The second-order valence-electron chi connectivity index (χ2n) is 5.33. The van der Waals surface area contributed by atoms with Crippen LogP contribution in [0, 0.1) is 20.8 Å². The Hall–Kier alpha value is -1.74. The summed E-state index contributed by atoms with van der Waals surface area (Å²) >= 11 is 0. The summed E-state index contributed by atoms with van der Waals surface area (Å²) in [6.45, 7) is 4.84. The molecule has 0 spiro atoms. The molecule has 0 aromatic carbocycles. The first-order valence-electron chi connectivity index (χ1n) is 6.62. The first-order chi connectivity index (χ1) is 9.84. The molecule has 21 heavy (non-hydrogen) atoms. The van der Waals surface area contributed by atoms with Crippen LogP contribution in [0.2, 0.25) is 0 Å². The van der Waals surface area contributed by atoms with Gasteiger partial charge < -0.3 is 9.05 Å². The number of hydrogen-bond acceptors (Lipinski definition) is 7. The molecule has 2 heterocycles. The molecule has 3 rings (SSSR count). The van der Waals surface area contributed by atoms with E-state index in [0.29, 0.717) is 30.3 Å². The van der Waals surface area contributed by atoms with Crippen molar-refractivity contribution in [1.82, 2.24) is 20.0 Å². The monoisotopic (exact) mass is 312 g/mol. The van der Waals surface area contributed by atoms with Crippen molar-refractivity contribution >= 4 is 10.0 Å². The van der Waals surface area contributed by atoms with Crippen LogP contribution in [0.15, 0.2) is 13.9 Å². The van der Waals surface area contributed by atoms with E-state index < -0.39 is 15.6 Å². The third kappa shape index (κ3) is 2.26. The number of nitrogens with one attached hydrogen (secondary N) is 1. The average molecular weight is 312 g/mol. The summed E-state index contributed by atoms with van der Waals surface area (Å²) in [5, 5.41) is 7.56. The second kappa shape index (κ2) is 4.63. The third-order valence-corrected chi connectivity index (χ3v) is 5.51. The first-order valence-corrected chi connectivity index (χ1v) is 8.10. The topological polar surface area (TPSA) is 111 Å². The number of nitrogens with zero attached hydrogens (tertiary/aromatic N) is 3. The van der Waals surface area contributed by atoms with Crippen molar-refractivity contribution in [2.24, 2.45) is 0 Å². The minimum atomic E-state index is -3.76. The standard InChI is InChI=1S/C12H16N4O4S/c1-7-10(8(2)19-14-7)21(17,18)16-12(5-4-6-12)11-13-9(3)20-15-11/h16H,4-6H2,1-3H3. The number of rotatable bonds is 4. The van der Waals surface area contributed by atoms with Crippen LogP contribution in [0.3, 0.4) is 0 Å². The molecule has 9 heteroatoms. The average Bonchev–Trinajstić information content (AvgIpc) is 2.91. The van der Waals surface area contributed by atoms with E-state index in [1.54, 1.807) is 20.8 Å². The summed E-state index contributed by atoms with van der Waals surface area (Å²) in [6, 6.07) is 0. The van der Waals surface area contributed by atoms with E-state index in [2.05, 4.69) is 20.0 Å². The molecule has 0 saturated heterocycles. The lowest BCUT2D eigenvalue weighted by molar-refractivity contribution is 0.203. The smallest absolute Gasteiger partial charge is 0.246 e. The summed E-state index contributed by atoms with van der Waals surface area (Å²) in [7, 11) is -3.76. The fraction of sp³-hybridized carbons (Fsp3) is 0.583. The van der Waals surface area contributed by atoms with Gasteiger partial charge in [0.2, 0.25) is 15.9 Å². The van der Waals surface area contributed by atoms with Crippen molar-refractivity contribution in [2.45, 2.75) is 50.5 Å². The fourth-order valence-electron chi connectivity index (χ4n) is 2.56. The molecule has 1 aliphatic rings. The van der Waals surface area contributed by atoms with E-state index >= 15 is 0 Å². The molecule has 0 radical (unpaired) electrons. The normalized spacial score (nSPS) is 17.7. The molecular weight excluding hydrogens is 296 g/mol. The van der Waals surface area contributed by atoms with E-state index in [4.69, 9.17) is 9.05 Å². The summed E-state index contributed by atoms with van der Waals surface area (Å²) in [5.74, 6) is 1.05. The van der Waals surface area contributed by atoms with Gasteiger partial charge >= 0.3 is 0 Å². The second-order valence-corrected chi connectivity index (χ2v) is 6.95. The Bertz CT molecular complexity index is 754. The number of hydrogen-bond donors (Lipinski definition) is 1. The van der Waals surface area contributed by atoms with E-state index in [-0.39, 0.29) is 10.7 Å². The summed E-state index contributed by atoms with van der Waals surface area (Å²) in [6.07, 6.45) is 2.17. The van der Waals surface area contributed by atoms with E-state index in [9.17, 15) is 8.42 Å². The predicted molar refractivity (Wildman–Crippen MR) is 70.9 cm³/mol. The Kier molecular flexibility index (Phi) is 3.14. The van der Waals surface area contributed by atoms with Crippen molar-refractivity contribution < 1.29 is 17.5 Å². The van der Waals surface area contributed by atoms with Crippen molar-refractivity contribution in [2.75, 3.05) is 0 Å². The largest absolute Gasteiger partial charge is 0.360 e. The number of aromatic nitrogens is 3. The molecule has 1 saturated carbocycles. The first kappa shape index (κ1) is 14.2. The minimum absolute atomic E-state index is 0.0778. The zero-order chi connectivity index (χ0) is 15.3. The molecule has 0 aliphatic heterocycles.